The molecule has 0 spiro atoms. The smallest absolute Gasteiger partial charge is 0.405 e. The lowest BCUT2D eigenvalue weighted by atomic mass is 9.89. The summed E-state index contributed by atoms with van der Waals surface area (Å²) < 4.78 is 5.16. The first-order chi connectivity index (χ1) is 12.2. The summed E-state index contributed by atoms with van der Waals surface area (Å²) in [6.45, 7) is 5.53. The fourth-order valence-corrected chi connectivity index (χ4v) is 3.13. The molecule has 1 aromatic heterocycles. The summed E-state index contributed by atoms with van der Waals surface area (Å²) in [6, 6.07) is 11.3. The molecule has 1 heterocycles. The van der Waals surface area contributed by atoms with Gasteiger partial charge in [0, 0.05) is 17.6 Å². The summed E-state index contributed by atoms with van der Waals surface area (Å²) in [7, 11) is 0. The number of hydrogen-bond donors (Lipinski definition) is 2. The maximum Gasteiger partial charge on any atom is 0.405 e. The van der Waals surface area contributed by atoms with Crippen molar-refractivity contribution in [1.29, 1.82) is 0 Å². The van der Waals surface area contributed by atoms with Gasteiger partial charge < -0.3 is 15.6 Å². The van der Waals surface area contributed by atoms with Crippen molar-refractivity contribution in [2.24, 2.45) is 11.7 Å². The van der Waals surface area contributed by atoms with E-state index in [2.05, 4.69) is 4.98 Å². The summed E-state index contributed by atoms with van der Waals surface area (Å²) in [6.07, 6.45) is 1.18. The van der Waals surface area contributed by atoms with Crippen molar-refractivity contribution >= 4 is 17.7 Å². The van der Waals surface area contributed by atoms with E-state index in [1.807, 2.05) is 37.3 Å². The molecule has 26 heavy (non-hydrogen) atoms. The van der Waals surface area contributed by atoms with E-state index in [9.17, 15) is 9.90 Å². The number of primary amides is 1. The van der Waals surface area contributed by atoms with Crippen LogP contribution >= 0.6 is 11.6 Å². The summed E-state index contributed by atoms with van der Waals surface area (Å²) in [5.74, 6) is -0.0509. The van der Waals surface area contributed by atoms with Crippen molar-refractivity contribution in [3.05, 3.63) is 64.4 Å². The second-order valence-electron chi connectivity index (χ2n) is 7.16. The Balaban J connectivity index is 2.16. The zero-order chi connectivity index (χ0) is 19.3. The zero-order valence-electron chi connectivity index (χ0n) is 15.3. The SMILES string of the molecule is CC(Cc1ccc(Cl)cc1)C(O)c1ncccc1CC(C)(C)OC(N)=O. The Morgan fingerprint density at radius 2 is 1.96 bits per heavy atom. The molecule has 0 aliphatic carbocycles. The van der Waals surface area contributed by atoms with Crippen LogP contribution in [0.1, 0.15) is 43.7 Å². The van der Waals surface area contributed by atoms with Gasteiger partial charge in [0.25, 0.3) is 0 Å². The van der Waals surface area contributed by atoms with Gasteiger partial charge in [0.2, 0.25) is 0 Å². The van der Waals surface area contributed by atoms with Crippen molar-refractivity contribution in [2.75, 3.05) is 0 Å². The summed E-state index contributed by atoms with van der Waals surface area (Å²) in [5.41, 5.74) is 6.86. The number of aromatic nitrogens is 1. The van der Waals surface area contributed by atoms with Crippen LogP contribution in [-0.2, 0) is 17.6 Å². The highest BCUT2D eigenvalue weighted by Crippen LogP contribution is 2.29. The quantitative estimate of drug-likeness (QED) is 0.762. The van der Waals surface area contributed by atoms with Gasteiger partial charge in [0.1, 0.15) is 5.60 Å². The first kappa shape index (κ1) is 20.2. The summed E-state index contributed by atoms with van der Waals surface area (Å²) in [5, 5.41) is 11.5. The van der Waals surface area contributed by atoms with E-state index < -0.39 is 17.8 Å². The summed E-state index contributed by atoms with van der Waals surface area (Å²) >= 11 is 5.92. The molecule has 6 heteroatoms. The summed E-state index contributed by atoms with van der Waals surface area (Å²) in [4.78, 5) is 15.5. The average Bonchev–Trinajstić information content (AvgIpc) is 2.55. The molecular formula is C20H25ClN2O3. The van der Waals surface area contributed by atoms with Gasteiger partial charge in [-0.2, -0.15) is 0 Å². The first-order valence-electron chi connectivity index (χ1n) is 8.53. The number of aliphatic hydroxyl groups excluding tert-OH is 1. The lowest BCUT2D eigenvalue weighted by molar-refractivity contribution is 0.0447. The largest absolute Gasteiger partial charge is 0.443 e. The topological polar surface area (TPSA) is 85.4 Å². The lowest BCUT2D eigenvalue weighted by Crippen LogP contribution is -2.34. The van der Waals surface area contributed by atoms with Crippen LogP contribution in [0.3, 0.4) is 0 Å². The van der Waals surface area contributed by atoms with Crippen LogP contribution in [0.15, 0.2) is 42.6 Å². The normalized spacial score (nSPS) is 13.9. The van der Waals surface area contributed by atoms with Gasteiger partial charge in [-0.15, -0.1) is 0 Å². The second-order valence-corrected chi connectivity index (χ2v) is 7.59. The number of ether oxygens (including phenoxy) is 1. The van der Waals surface area contributed by atoms with Crippen molar-refractivity contribution in [3.8, 4) is 0 Å². The molecule has 1 amide bonds. The highest BCUT2D eigenvalue weighted by molar-refractivity contribution is 6.30. The Hall–Kier alpha value is -2.11. The maximum atomic E-state index is 11.1. The number of pyridine rings is 1. The van der Waals surface area contributed by atoms with Crippen LogP contribution in [-0.4, -0.2) is 21.8 Å². The molecule has 0 fully saturated rings. The number of amides is 1. The molecule has 0 aliphatic heterocycles. The molecule has 0 bridgehead atoms. The van der Waals surface area contributed by atoms with Gasteiger partial charge in [-0.1, -0.05) is 36.7 Å². The number of halogens is 1. The Kier molecular flexibility index (Phi) is 6.62. The van der Waals surface area contributed by atoms with E-state index >= 15 is 0 Å². The molecule has 0 saturated heterocycles. The fraction of sp³-hybridized carbons (Fsp3) is 0.400. The third kappa shape index (κ3) is 5.71. The maximum absolute atomic E-state index is 11.1. The zero-order valence-corrected chi connectivity index (χ0v) is 16.0. The molecule has 3 N–H and O–H groups in total. The van der Waals surface area contributed by atoms with Crippen LogP contribution in [0.25, 0.3) is 0 Å². The Labute approximate surface area is 159 Å². The Bertz CT molecular complexity index is 747. The van der Waals surface area contributed by atoms with Crippen molar-refractivity contribution in [1.82, 2.24) is 4.98 Å². The molecule has 2 atom stereocenters. The number of rotatable bonds is 7. The molecule has 0 aliphatic rings. The molecule has 0 saturated carbocycles. The molecule has 2 aromatic rings. The van der Waals surface area contributed by atoms with E-state index in [0.29, 0.717) is 23.6 Å². The van der Waals surface area contributed by atoms with Crippen LogP contribution in [0.5, 0.6) is 0 Å². The minimum Gasteiger partial charge on any atom is -0.443 e. The van der Waals surface area contributed by atoms with Crippen molar-refractivity contribution < 1.29 is 14.6 Å². The predicted octanol–water partition coefficient (Wildman–Crippen LogP) is 4.06. The number of carbonyl (C=O) groups excluding carboxylic acids is 1. The Morgan fingerprint density at radius 3 is 2.58 bits per heavy atom. The molecule has 140 valence electrons. The third-order valence-electron chi connectivity index (χ3n) is 4.21. The number of hydrogen-bond acceptors (Lipinski definition) is 4. The second kappa shape index (κ2) is 8.52. The minimum absolute atomic E-state index is 0.0509. The van der Waals surface area contributed by atoms with Crippen LogP contribution in [0.4, 0.5) is 4.79 Å². The molecular weight excluding hydrogens is 352 g/mol. The third-order valence-corrected chi connectivity index (χ3v) is 4.46. The monoisotopic (exact) mass is 376 g/mol. The van der Waals surface area contributed by atoms with E-state index in [-0.39, 0.29) is 5.92 Å². The standard InChI is InChI=1S/C20H25ClN2O3/c1-13(11-14-6-8-16(21)9-7-14)18(24)17-15(5-4-10-23-17)12-20(2,3)26-19(22)25/h4-10,13,18,24H,11-12H2,1-3H3,(H2,22,25). The fourth-order valence-electron chi connectivity index (χ4n) is 3.01. The molecule has 1 aromatic carbocycles. The van der Waals surface area contributed by atoms with Crippen molar-refractivity contribution in [3.63, 3.8) is 0 Å². The first-order valence-corrected chi connectivity index (χ1v) is 8.90. The van der Waals surface area contributed by atoms with Gasteiger partial charge in [-0.05, 0) is 55.5 Å². The van der Waals surface area contributed by atoms with Gasteiger partial charge >= 0.3 is 6.09 Å². The predicted molar refractivity (Wildman–Crippen MR) is 102 cm³/mol. The molecule has 2 unspecified atom stereocenters. The average molecular weight is 377 g/mol. The lowest BCUT2D eigenvalue weighted by Gasteiger charge is -2.27. The highest BCUT2D eigenvalue weighted by atomic mass is 35.5. The number of aliphatic hydroxyl groups is 1. The number of carbonyl (C=O) groups is 1. The van der Waals surface area contributed by atoms with E-state index in [1.165, 1.54) is 0 Å². The molecule has 2 rings (SSSR count). The van der Waals surface area contributed by atoms with Crippen molar-refractivity contribution in [2.45, 2.75) is 45.3 Å². The van der Waals surface area contributed by atoms with E-state index in [4.69, 9.17) is 22.1 Å². The van der Waals surface area contributed by atoms with E-state index in [0.717, 1.165) is 11.1 Å². The van der Waals surface area contributed by atoms with E-state index in [1.54, 1.807) is 26.1 Å². The highest BCUT2D eigenvalue weighted by Gasteiger charge is 2.27. The number of benzene rings is 1. The number of nitrogens with zero attached hydrogens (tertiary/aromatic N) is 1. The molecule has 0 radical (unpaired) electrons. The van der Waals surface area contributed by atoms with Gasteiger partial charge in [0.05, 0.1) is 11.8 Å². The van der Waals surface area contributed by atoms with Crippen LogP contribution < -0.4 is 5.73 Å². The van der Waals surface area contributed by atoms with Crippen LogP contribution in [0.2, 0.25) is 5.02 Å². The minimum atomic E-state index is -0.822. The Morgan fingerprint density at radius 1 is 1.31 bits per heavy atom. The number of nitrogens with two attached hydrogens (primary N) is 1. The van der Waals surface area contributed by atoms with Gasteiger partial charge in [0.15, 0.2) is 0 Å². The van der Waals surface area contributed by atoms with Gasteiger partial charge in [-0.3, -0.25) is 4.98 Å². The van der Waals surface area contributed by atoms with Gasteiger partial charge in [-0.25, -0.2) is 4.79 Å². The van der Waals surface area contributed by atoms with Crippen LogP contribution in [0, 0.1) is 5.92 Å². The molecule has 5 nitrogen and oxygen atoms in total.